The van der Waals surface area contributed by atoms with Crippen molar-refractivity contribution < 1.29 is 4.79 Å². The number of carbonyl (C=O) groups is 1. The zero-order chi connectivity index (χ0) is 15.8. The van der Waals surface area contributed by atoms with Gasteiger partial charge in [0.25, 0.3) is 0 Å². The predicted octanol–water partition coefficient (Wildman–Crippen LogP) is 4.20. The number of carbonyl (C=O) groups excluding carboxylic acids is 1. The molecule has 0 radical (unpaired) electrons. The van der Waals surface area contributed by atoms with Crippen LogP contribution in [0.25, 0.3) is 16.4 Å². The van der Waals surface area contributed by atoms with Crippen LogP contribution in [0, 0.1) is 11.3 Å². The molecule has 0 fully saturated rings. The van der Waals surface area contributed by atoms with Crippen LogP contribution < -0.4 is 0 Å². The standard InChI is InChI=1S/C20H12N2O/c21-13-14-11-16-8-9-17-7-4-10-22(17)19(16)18(12-14)20(23)15-5-2-1-3-6-15/h1-12H. The molecule has 3 nitrogen and oxygen atoms in total. The molecule has 0 aliphatic heterocycles. The van der Waals surface area contributed by atoms with Crippen LogP contribution in [-0.4, -0.2) is 10.2 Å². The van der Waals surface area contributed by atoms with Crippen molar-refractivity contribution in [1.82, 2.24) is 4.40 Å². The number of rotatable bonds is 2. The van der Waals surface area contributed by atoms with Gasteiger partial charge in [0.2, 0.25) is 0 Å². The van der Waals surface area contributed by atoms with Gasteiger partial charge in [-0.1, -0.05) is 36.4 Å². The van der Waals surface area contributed by atoms with Crippen molar-refractivity contribution in [3.8, 4) is 6.07 Å². The summed E-state index contributed by atoms with van der Waals surface area (Å²) < 4.78 is 1.99. The molecule has 0 aliphatic carbocycles. The highest BCUT2D eigenvalue weighted by molar-refractivity contribution is 6.16. The minimum Gasteiger partial charge on any atom is -0.316 e. The average Bonchev–Trinajstić information content (AvgIpc) is 3.09. The van der Waals surface area contributed by atoms with Crippen LogP contribution in [0.1, 0.15) is 21.5 Å². The lowest BCUT2D eigenvalue weighted by molar-refractivity contribution is 0.104. The van der Waals surface area contributed by atoms with Gasteiger partial charge in [0.05, 0.1) is 17.1 Å². The van der Waals surface area contributed by atoms with Crippen LogP contribution in [0.4, 0.5) is 0 Å². The van der Waals surface area contributed by atoms with E-state index in [1.165, 1.54) is 0 Å². The number of hydrogen-bond acceptors (Lipinski definition) is 2. The smallest absolute Gasteiger partial charge is 0.195 e. The molecular formula is C20H12N2O. The third kappa shape index (κ3) is 2.09. The van der Waals surface area contributed by atoms with Crippen molar-refractivity contribution in [3.63, 3.8) is 0 Å². The normalized spacial score (nSPS) is 10.7. The second-order valence-electron chi connectivity index (χ2n) is 5.40. The summed E-state index contributed by atoms with van der Waals surface area (Å²) in [6.07, 6.45) is 1.94. The summed E-state index contributed by atoms with van der Waals surface area (Å²) in [7, 11) is 0. The summed E-state index contributed by atoms with van der Waals surface area (Å²) in [4.78, 5) is 13.0. The van der Waals surface area contributed by atoms with E-state index in [0.29, 0.717) is 16.7 Å². The van der Waals surface area contributed by atoms with Gasteiger partial charge in [0, 0.05) is 28.2 Å². The summed E-state index contributed by atoms with van der Waals surface area (Å²) in [5.74, 6) is -0.0751. The third-order valence-corrected chi connectivity index (χ3v) is 4.00. The first-order valence-corrected chi connectivity index (χ1v) is 7.31. The van der Waals surface area contributed by atoms with E-state index in [1.807, 2.05) is 59.1 Å². The van der Waals surface area contributed by atoms with E-state index in [-0.39, 0.29) is 5.78 Å². The molecule has 0 spiro atoms. The van der Waals surface area contributed by atoms with Gasteiger partial charge in [-0.3, -0.25) is 4.79 Å². The van der Waals surface area contributed by atoms with Gasteiger partial charge in [-0.05, 0) is 30.3 Å². The van der Waals surface area contributed by atoms with Crippen LogP contribution >= 0.6 is 0 Å². The summed E-state index contributed by atoms with van der Waals surface area (Å²) >= 11 is 0. The van der Waals surface area contributed by atoms with E-state index in [1.54, 1.807) is 18.2 Å². The van der Waals surface area contributed by atoms with Gasteiger partial charge in [0.15, 0.2) is 5.78 Å². The lowest BCUT2D eigenvalue weighted by Gasteiger charge is -2.10. The summed E-state index contributed by atoms with van der Waals surface area (Å²) in [5, 5.41) is 10.2. The topological polar surface area (TPSA) is 45.3 Å². The molecule has 2 aromatic heterocycles. The number of ketones is 1. The maximum absolute atomic E-state index is 13.0. The Hall–Kier alpha value is -3.38. The zero-order valence-electron chi connectivity index (χ0n) is 12.2. The maximum Gasteiger partial charge on any atom is 0.195 e. The molecule has 4 rings (SSSR count). The highest BCUT2D eigenvalue weighted by Gasteiger charge is 2.16. The zero-order valence-corrected chi connectivity index (χ0v) is 12.2. The Kier molecular flexibility index (Phi) is 2.96. The maximum atomic E-state index is 13.0. The van der Waals surface area contributed by atoms with Crippen LogP contribution in [0.2, 0.25) is 0 Å². The highest BCUT2D eigenvalue weighted by Crippen LogP contribution is 2.25. The van der Waals surface area contributed by atoms with Crippen LogP contribution in [0.3, 0.4) is 0 Å². The van der Waals surface area contributed by atoms with Crippen molar-refractivity contribution in [2.45, 2.75) is 0 Å². The number of fused-ring (bicyclic) bond motifs is 3. The minimum atomic E-state index is -0.0751. The fourth-order valence-corrected chi connectivity index (χ4v) is 2.94. The molecule has 0 amide bonds. The molecule has 2 aromatic carbocycles. The lowest BCUT2D eigenvalue weighted by atomic mass is 9.98. The number of benzene rings is 2. The molecule has 2 heterocycles. The largest absolute Gasteiger partial charge is 0.316 e. The molecule has 0 saturated carbocycles. The van der Waals surface area contributed by atoms with Gasteiger partial charge in [-0.25, -0.2) is 0 Å². The van der Waals surface area contributed by atoms with Crippen molar-refractivity contribution in [2.75, 3.05) is 0 Å². The van der Waals surface area contributed by atoms with E-state index in [4.69, 9.17) is 0 Å². The van der Waals surface area contributed by atoms with Gasteiger partial charge < -0.3 is 4.40 Å². The summed E-state index contributed by atoms with van der Waals surface area (Å²) in [5.41, 5.74) is 3.51. The van der Waals surface area contributed by atoms with E-state index < -0.39 is 0 Å². The van der Waals surface area contributed by atoms with Crippen molar-refractivity contribution in [3.05, 3.63) is 89.6 Å². The number of hydrogen-bond donors (Lipinski definition) is 0. The first-order chi connectivity index (χ1) is 11.3. The highest BCUT2D eigenvalue weighted by atomic mass is 16.1. The number of nitriles is 1. The summed E-state index contributed by atoms with van der Waals surface area (Å²) in [6.45, 7) is 0. The van der Waals surface area contributed by atoms with E-state index in [0.717, 1.165) is 16.4 Å². The second kappa shape index (κ2) is 5.11. The number of pyridine rings is 1. The number of aromatic nitrogens is 1. The molecule has 108 valence electrons. The van der Waals surface area contributed by atoms with Gasteiger partial charge in [-0.2, -0.15) is 5.26 Å². The van der Waals surface area contributed by atoms with E-state index >= 15 is 0 Å². The monoisotopic (exact) mass is 296 g/mol. The lowest BCUT2D eigenvalue weighted by Crippen LogP contribution is -2.05. The fraction of sp³-hybridized carbons (Fsp3) is 0. The molecule has 23 heavy (non-hydrogen) atoms. The van der Waals surface area contributed by atoms with Crippen LogP contribution in [0.5, 0.6) is 0 Å². The first-order valence-electron chi connectivity index (χ1n) is 7.31. The Morgan fingerprint density at radius 3 is 2.57 bits per heavy atom. The molecule has 0 saturated heterocycles. The van der Waals surface area contributed by atoms with Crippen molar-refractivity contribution in [1.29, 1.82) is 5.26 Å². The number of nitrogens with zero attached hydrogens (tertiary/aromatic N) is 2. The minimum absolute atomic E-state index is 0.0751. The van der Waals surface area contributed by atoms with E-state index in [2.05, 4.69) is 6.07 Å². The third-order valence-electron chi connectivity index (χ3n) is 4.00. The van der Waals surface area contributed by atoms with Crippen LogP contribution in [0.15, 0.2) is 72.9 Å². The molecule has 4 aromatic rings. The molecule has 0 unspecified atom stereocenters. The van der Waals surface area contributed by atoms with Gasteiger partial charge in [-0.15, -0.1) is 0 Å². The Bertz CT molecular complexity index is 1090. The summed E-state index contributed by atoms with van der Waals surface area (Å²) in [6, 6.07) is 22.7. The quantitative estimate of drug-likeness (QED) is 0.520. The molecule has 0 aliphatic rings. The fourth-order valence-electron chi connectivity index (χ4n) is 2.94. The molecule has 3 heteroatoms. The molecule has 0 N–H and O–H groups in total. The SMILES string of the molecule is N#Cc1cc(C(=O)c2ccccc2)c2c(ccc3cccn32)c1. The molecule has 0 bridgehead atoms. The van der Waals surface area contributed by atoms with Gasteiger partial charge >= 0.3 is 0 Å². The predicted molar refractivity (Wildman–Crippen MR) is 89.5 cm³/mol. The van der Waals surface area contributed by atoms with Crippen molar-refractivity contribution >= 4 is 22.2 Å². The van der Waals surface area contributed by atoms with Crippen LogP contribution in [-0.2, 0) is 0 Å². The Balaban J connectivity index is 2.09. The van der Waals surface area contributed by atoms with Gasteiger partial charge in [0.1, 0.15) is 0 Å². The second-order valence-corrected chi connectivity index (χ2v) is 5.40. The molecule has 0 atom stereocenters. The average molecular weight is 296 g/mol. The Labute approximate surface area is 133 Å². The Morgan fingerprint density at radius 1 is 0.957 bits per heavy atom. The van der Waals surface area contributed by atoms with E-state index in [9.17, 15) is 10.1 Å². The molecular weight excluding hydrogens is 284 g/mol. The Morgan fingerprint density at radius 2 is 1.78 bits per heavy atom. The first kappa shape index (κ1) is 13.3. The van der Waals surface area contributed by atoms with Crippen molar-refractivity contribution in [2.24, 2.45) is 0 Å².